The smallest absolute Gasteiger partial charge is 0.0647 e. The van der Waals surface area contributed by atoms with Gasteiger partial charge in [0.1, 0.15) is 0 Å². The number of rotatable bonds is 0. The minimum Gasteiger partial charge on any atom is -0.393 e. The Hall–Kier alpha value is -0.0800. The van der Waals surface area contributed by atoms with Crippen LogP contribution in [0.3, 0.4) is 0 Å². The van der Waals surface area contributed by atoms with Crippen molar-refractivity contribution in [3.05, 3.63) is 0 Å². The maximum absolute atomic E-state index is 9.81. The molecule has 0 radical (unpaired) electrons. The van der Waals surface area contributed by atoms with E-state index in [1.165, 1.54) is 0 Å². The summed E-state index contributed by atoms with van der Waals surface area (Å²) in [6.45, 7) is 6.21. The van der Waals surface area contributed by atoms with E-state index >= 15 is 0 Å². The van der Waals surface area contributed by atoms with Crippen molar-refractivity contribution in [1.29, 1.82) is 0 Å². The van der Waals surface area contributed by atoms with Crippen molar-refractivity contribution in [2.75, 3.05) is 0 Å². The average molecular weight is 170 g/mol. The maximum Gasteiger partial charge on any atom is 0.0647 e. The summed E-state index contributed by atoms with van der Waals surface area (Å²) in [5, 5.41) is 19.5. The third-order valence-corrected chi connectivity index (χ3v) is 3.86. The molecule has 0 spiro atoms. The van der Waals surface area contributed by atoms with Crippen molar-refractivity contribution in [3.8, 4) is 0 Å². The number of hydrogen-bond acceptors (Lipinski definition) is 2. The predicted molar refractivity (Wildman–Crippen MR) is 46.6 cm³/mol. The summed E-state index contributed by atoms with van der Waals surface area (Å²) in [6, 6.07) is 0. The molecule has 2 saturated carbocycles. The Morgan fingerprint density at radius 1 is 1.17 bits per heavy atom. The fourth-order valence-corrected chi connectivity index (χ4v) is 3.08. The maximum atomic E-state index is 9.81. The lowest BCUT2D eigenvalue weighted by Gasteiger charge is -2.30. The van der Waals surface area contributed by atoms with Crippen molar-refractivity contribution in [2.45, 2.75) is 45.3 Å². The largest absolute Gasteiger partial charge is 0.393 e. The van der Waals surface area contributed by atoms with Gasteiger partial charge in [-0.2, -0.15) is 0 Å². The Bertz CT molecular complexity index is 206. The Labute approximate surface area is 73.6 Å². The molecule has 12 heavy (non-hydrogen) atoms. The Morgan fingerprint density at radius 3 is 2.25 bits per heavy atom. The monoisotopic (exact) mass is 170 g/mol. The third-order valence-electron chi connectivity index (χ3n) is 3.86. The van der Waals surface area contributed by atoms with E-state index in [0.29, 0.717) is 18.3 Å². The van der Waals surface area contributed by atoms with Crippen molar-refractivity contribution < 1.29 is 10.2 Å². The van der Waals surface area contributed by atoms with Gasteiger partial charge in [-0.15, -0.1) is 0 Å². The highest BCUT2D eigenvalue weighted by Crippen LogP contribution is 2.66. The highest BCUT2D eigenvalue weighted by Gasteiger charge is 2.65. The first kappa shape index (κ1) is 8.52. The summed E-state index contributed by atoms with van der Waals surface area (Å²) in [5.74, 6) is 0.981. The highest BCUT2D eigenvalue weighted by atomic mass is 16.3. The van der Waals surface area contributed by atoms with E-state index in [9.17, 15) is 10.2 Å². The molecule has 0 aromatic rings. The van der Waals surface area contributed by atoms with Gasteiger partial charge in [0.25, 0.3) is 0 Å². The molecule has 0 amide bonds. The standard InChI is InChI=1S/C10H18O2/c1-9(2)6-4-10(3,12)5-7(11)8(6)9/h6-8,11-12H,4-5H2,1-3H3/t6-,7+,8-,10-/m0/s1. The van der Waals surface area contributed by atoms with E-state index in [1.54, 1.807) is 0 Å². The molecule has 70 valence electrons. The molecule has 0 aliphatic heterocycles. The van der Waals surface area contributed by atoms with Crippen LogP contribution in [-0.4, -0.2) is 21.9 Å². The van der Waals surface area contributed by atoms with E-state index in [4.69, 9.17) is 0 Å². The first-order chi connectivity index (χ1) is 5.34. The summed E-state index contributed by atoms with van der Waals surface area (Å²) >= 11 is 0. The first-order valence-electron chi connectivity index (χ1n) is 4.75. The zero-order chi connectivity index (χ0) is 9.15. The van der Waals surface area contributed by atoms with Crippen LogP contribution in [-0.2, 0) is 0 Å². The summed E-state index contributed by atoms with van der Waals surface area (Å²) in [5.41, 5.74) is -0.367. The molecule has 2 nitrogen and oxygen atoms in total. The topological polar surface area (TPSA) is 40.5 Å². The fourth-order valence-electron chi connectivity index (χ4n) is 3.08. The van der Waals surface area contributed by atoms with Gasteiger partial charge in [0, 0.05) is 6.42 Å². The van der Waals surface area contributed by atoms with Crippen molar-refractivity contribution in [2.24, 2.45) is 17.3 Å². The second-order valence-corrected chi connectivity index (χ2v) is 5.43. The second kappa shape index (κ2) is 2.05. The first-order valence-corrected chi connectivity index (χ1v) is 4.75. The average Bonchev–Trinajstić information content (AvgIpc) is 2.30. The Balaban J connectivity index is 2.16. The molecule has 2 aliphatic rings. The molecule has 0 aromatic heterocycles. The Morgan fingerprint density at radius 2 is 1.75 bits per heavy atom. The van der Waals surface area contributed by atoms with Gasteiger partial charge in [-0.3, -0.25) is 0 Å². The minimum atomic E-state index is -0.631. The summed E-state index contributed by atoms with van der Waals surface area (Å²) in [7, 11) is 0. The quantitative estimate of drug-likeness (QED) is 0.573. The molecule has 0 unspecified atom stereocenters. The van der Waals surface area contributed by atoms with Crippen LogP contribution >= 0.6 is 0 Å². The molecular formula is C10H18O2. The van der Waals surface area contributed by atoms with Gasteiger partial charge >= 0.3 is 0 Å². The number of aliphatic hydroxyl groups excluding tert-OH is 1. The van der Waals surface area contributed by atoms with E-state index in [2.05, 4.69) is 13.8 Å². The number of hydrogen-bond donors (Lipinski definition) is 2. The van der Waals surface area contributed by atoms with Crippen LogP contribution in [0.1, 0.15) is 33.6 Å². The molecule has 2 heteroatoms. The second-order valence-electron chi connectivity index (χ2n) is 5.43. The van der Waals surface area contributed by atoms with Gasteiger partial charge in [0.15, 0.2) is 0 Å². The zero-order valence-corrected chi connectivity index (χ0v) is 8.04. The molecular weight excluding hydrogens is 152 g/mol. The predicted octanol–water partition coefficient (Wildman–Crippen LogP) is 1.16. The van der Waals surface area contributed by atoms with E-state index in [1.807, 2.05) is 6.92 Å². The van der Waals surface area contributed by atoms with Crippen LogP contribution in [0.15, 0.2) is 0 Å². The van der Waals surface area contributed by atoms with Crippen molar-refractivity contribution in [1.82, 2.24) is 0 Å². The van der Waals surface area contributed by atoms with Crippen LogP contribution in [0.5, 0.6) is 0 Å². The minimum absolute atomic E-state index is 0.264. The number of aliphatic hydroxyl groups is 2. The number of fused-ring (bicyclic) bond motifs is 1. The lowest BCUT2D eigenvalue weighted by Crippen LogP contribution is -2.35. The molecule has 2 aliphatic carbocycles. The van der Waals surface area contributed by atoms with E-state index in [-0.39, 0.29) is 11.5 Å². The van der Waals surface area contributed by atoms with Crippen molar-refractivity contribution >= 4 is 0 Å². The summed E-state index contributed by atoms with van der Waals surface area (Å²) in [6.07, 6.45) is 1.13. The summed E-state index contributed by atoms with van der Waals surface area (Å²) < 4.78 is 0. The normalized spacial score (nSPS) is 56.2. The SMILES string of the molecule is CC1(C)[C@@H]2[C@H](O)C[C@@](C)(O)C[C@@H]21. The van der Waals surface area contributed by atoms with Gasteiger partial charge in [0.2, 0.25) is 0 Å². The fraction of sp³-hybridized carbons (Fsp3) is 1.00. The highest BCUT2D eigenvalue weighted by molar-refractivity contribution is 5.13. The van der Waals surface area contributed by atoms with Gasteiger partial charge in [-0.25, -0.2) is 0 Å². The summed E-state index contributed by atoms with van der Waals surface area (Å²) in [4.78, 5) is 0. The molecule has 2 fully saturated rings. The lowest BCUT2D eigenvalue weighted by atomic mass is 9.85. The van der Waals surface area contributed by atoms with Gasteiger partial charge in [0.05, 0.1) is 11.7 Å². The molecule has 4 atom stereocenters. The van der Waals surface area contributed by atoms with E-state index < -0.39 is 5.60 Å². The van der Waals surface area contributed by atoms with Gasteiger partial charge in [-0.1, -0.05) is 13.8 Å². The molecule has 0 aromatic carbocycles. The molecule has 2 N–H and O–H groups in total. The van der Waals surface area contributed by atoms with Crippen LogP contribution < -0.4 is 0 Å². The third kappa shape index (κ3) is 1.01. The Kier molecular flexibility index (Phi) is 1.45. The van der Waals surface area contributed by atoms with Crippen molar-refractivity contribution in [3.63, 3.8) is 0 Å². The lowest BCUT2D eigenvalue weighted by molar-refractivity contribution is -0.0366. The zero-order valence-electron chi connectivity index (χ0n) is 8.04. The molecule has 0 heterocycles. The van der Waals surface area contributed by atoms with Gasteiger partial charge < -0.3 is 10.2 Å². The molecule has 2 rings (SSSR count). The van der Waals surface area contributed by atoms with E-state index in [0.717, 1.165) is 6.42 Å². The molecule has 0 bridgehead atoms. The van der Waals surface area contributed by atoms with Crippen LogP contribution in [0.2, 0.25) is 0 Å². The van der Waals surface area contributed by atoms with Crippen LogP contribution in [0.4, 0.5) is 0 Å². The molecule has 0 saturated heterocycles. The van der Waals surface area contributed by atoms with Gasteiger partial charge in [-0.05, 0) is 30.6 Å². The van der Waals surface area contributed by atoms with Crippen LogP contribution in [0.25, 0.3) is 0 Å². The van der Waals surface area contributed by atoms with Crippen LogP contribution in [0, 0.1) is 17.3 Å².